The number of esters is 1. The molecule has 0 fully saturated rings. The lowest BCUT2D eigenvalue weighted by molar-refractivity contribution is -0.162. The van der Waals surface area contributed by atoms with Crippen molar-refractivity contribution in [1.29, 1.82) is 0 Å². The Morgan fingerprint density at radius 3 is 2.00 bits per heavy atom. The van der Waals surface area contributed by atoms with E-state index in [1.54, 1.807) is 24.3 Å². The molecule has 3 unspecified atom stereocenters. The molecule has 0 aliphatic heterocycles. The molecule has 0 aromatic heterocycles. The topological polar surface area (TPSA) is 69.7 Å². The van der Waals surface area contributed by atoms with Crippen LogP contribution in [0.25, 0.3) is 0 Å². The van der Waals surface area contributed by atoms with Crippen molar-refractivity contribution < 1.29 is 35.3 Å². The summed E-state index contributed by atoms with van der Waals surface area (Å²) in [5, 5.41) is 0. The van der Waals surface area contributed by atoms with E-state index in [1.807, 2.05) is 0 Å². The van der Waals surface area contributed by atoms with Crippen molar-refractivity contribution in [2.75, 3.05) is 0 Å². The summed E-state index contributed by atoms with van der Waals surface area (Å²) in [7, 11) is -4.18. The number of alkyl halides is 3. The van der Waals surface area contributed by atoms with Crippen molar-refractivity contribution in [3.05, 3.63) is 66.2 Å². The third kappa shape index (κ3) is 6.86. The number of ether oxygens (including phenoxy) is 1. The molecule has 0 saturated carbocycles. The first-order chi connectivity index (χ1) is 13.5. The number of halogens is 3. The van der Waals surface area contributed by atoms with Crippen molar-refractivity contribution in [3.63, 3.8) is 0 Å². The summed E-state index contributed by atoms with van der Waals surface area (Å²) in [6, 6.07) is 14.8. The summed E-state index contributed by atoms with van der Waals surface area (Å²) < 4.78 is 74.0. The van der Waals surface area contributed by atoms with Gasteiger partial charge in [-0.2, -0.15) is 21.6 Å². The Balaban J connectivity index is 2.17. The Kier molecular flexibility index (Phi) is 7.43. The second kappa shape index (κ2) is 9.41. The molecular weight excluding hydrogens is 409 g/mol. The predicted octanol–water partition coefficient (Wildman–Crippen LogP) is 4.59. The lowest BCUT2D eigenvalue weighted by Gasteiger charge is -2.29. The summed E-state index contributed by atoms with van der Waals surface area (Å²) in [5.41, 5.74) is 0.0948. The second-order valence-electron chi connectivity index (χ2n) is 6.56. The first-order valence-corrected chi connectivity index (χ1v) is 10.2. The van der Waals surface area contributed by atoms with Crippen LogP contribution < -0.4 is 0 Å². The molecule has 9 heteroatoms. The molecule has 0 aliphatic rings. The minimum Gasteiger partial charge on any atom is -0.458 e. The van der Waals surface area contributed by atoms with Gasteiger partial charge in [0.2, 0.25) is 0 Å². The highest BCUT2D eigenvalue weighted by atomic mass is 32.2. The van der Waals surface area contributed by atoms with Gasteiger partial charge in [-0.1, -0.05) is 43.3 Å². The number of carbonyl (C=O) groups is 1. The summed E-state index contributed by atoms with van der Waals surface area (Å²) in [4.78, 5) is 12.1. The maximum Gasteiger partial charge on any atom is 0.392 e. The molecule has 0 bridgehead atoms. The minimum atomic E-state index is -4.62. The van der Waals surface area contributed by atoms with E-state index >= 15 is 0 Å². The molecule has 0 spiro atoms. The zero-order valence-corrected chi connectivity index (χ0v) is 16.6. The summed E-state index contributed by atoms with van der Waals surface area (Å²) in [6.45, 7) is 2.67. The van der Waals surface area contributed by atoms with Gasteiger partial charge in [0.15, 0.2) is 0 Å². The van der Waals surface area contributed by atoms with Gasteiger partial charge in [-0.15, -0.1) is 0 Å². The van der Waals surface area contributed by atoms with E-state index in [0.29, 0.717) is 0 Å². The zero-order chi connectivity index (χ0) is 21.7. The third-order valence-corrected chi connectivity index (χ3v) is 5.74. The van der Waals surface area contributed by atoms with Gasteiger partial charge in [-0.3, -0.25) is 4.18 Å². The third-order valence-electron chi connectivity index (χ3n) is 4.34. The van der Waals surface area contributed by atoms with Gasteiger partial charge in [0.1, 0.15) is 6.10 Å². The van der Waals surface area contributed by atoms with Crippen LogP contribution in [0.15, 0.2) is 65.6 Å². The van der Waals surface area contributed by atoms with Gasteiger partial charge in [0, 0.05) is 5.92 Å². The van der Waals surface area contributed by atoms with E-state index in [2.05, 4.69) is 0 Å². The summed E-state index contributed by atoms with van der Waals surface area (Å²) >= 11 is 0. The standard InChI is InChI=1S/C20H21F3O5S/c1-14(15(2)28-29(25,26)17-11-7-4-8-12-17)18(13-20(21,22)23)27-19(24)16-9-5-3-6-10-16/h3-12,14-15,18H,13H2,1-2H3. The molecule has 0 radical (unpaired) electrons. The van der Waals surface area contributed by atoms with Gasteiger partial charge < -0.3 is 4.74 Å². The maximum absolute atomic E-state index is 13.0. The average molecular weight is 430 g/mol. The fraction of sp³-hybridized carbons (Fsp3) is 0.350. The Bertz CT molecular complexity index is 899. The van der Waals surface area contributed by atoms with Crippen LogP contribution in [0.3, 0.4) is 0 Å². The van der Waals surface area contributed by atoms with E-state index in [-0.39, 0.29) is 10.5 Å². The van der Waals surface area contributed by atoms with Crippen molar-refractivity contribution >= 4 is 16.1 Å². The lowest BCUT2D eigenvalue weighted by Crippen LogP contribution is -2.37. The van der Waals surface area contributed by atoms with Crippen LogP contribution in [0.1, 0.15) is 30.6 Å². The lowest BCUT2D eigenvalue weighted by atomic mass is 9.96. The monoisotopic (exact) mass is 430 g/mol. The van der Waals surface area contributed by atoms with Crippen LogP contribution in [0, 0.1) is 5.92 Å². The Labute approximate surface area is 167 Å². The molecule has 0 saturated heterocycles. The average Bonchev–Trinajstić information content (AvgIpc) is 2.66. The summed E-state index contributed by atoms with van der Waals surface area (Å²) in [5.74, 6) is -1.98. The molecule has 2 aromatic carbocycles. The zero-order valence-electron chi connectivity index (χ0n) is 15.8. The van der Waals surface area contributed by atoms with Gasteiger partial charge in [0.05, 0.1) is 23.0 Å². The van der Waals surface area contributed by atoms with Gasteiger partial charge in [-0.05, 0) is 31.2 Å². The molecule has 2 rings (SSSR count). The largest absolute Gasteiger partial charge is 0.458 e. The molecule has 2 aromatic rings. The first kappa shape index (κ1) is 22.9. The fourth-order valence-corrected chi connectivity index (χ4v) is 3.75. The number of hydrogen-bond acceptors (Lipinski definition) is 5. The van der Waals surface area contributed by atoms with E-state index in [1.165, 1.54) is 50.2 Å². The number of hydrogen-bond donors (Lipinski definition) is 0. The Morgan fingerprint density at radius 2 is 1.48 bits per heavy atom. The van der Waals surface area contributed by atoms with E-state index in [9.17, 15) is 26.4 Å². The van der Waals surface area contributed by atoms with Crippen molar-refractivity contribution in [2.24, 2.45) is 5.92 Å². The number of benzene rings is 2. The first-order valence-electron chi connectivity index (χ1n) is 8.81. The van der Waals surface area contributed by atoms with Crippen LogP contribution in [0.5, 0.6) is 0 Å². The van der Waals surface area contributed by atoms with Crippen molar-refractivity contribution in [1.82, 2.24) is 0 Å². The number of carbonyl (C=O) groups excluding carboxylic acids is 1. The minimum absolute atomic E-state index is 0.0948. The van der Waals surface area contributed by atoms with Gasteiger partial charge in [-0.25, -0.2) is 4.79 Å². The van der Waals surface area contributed by atoms with E-state index in [0.717, 1.165) is 0 Å². The van der Waals surface area contributed by atoms with Gasteiger partial charge in [0.25, 0.3) is 10.1 Å². The molecule has 0 N–H and O–H groups in total. The number of rotatable bonds is 8. The maximum atomic E-state index is 13.0. The van der Waals surface area contributed by atoms with Crippen LogP contribution in [-0.2, 0) is 19.0 Å². The molecule has 3 atom stereocenters. The van der Waals surface area contributed by atoms with Crippen LogP contribution in [0.4, 0.5) is 13.2 Å². The fourth-order valence-electron chi connectivity index (χ4n) is 2.58. The molecular formula is C20H21F3O5S. The predicted molar refractivity (Wildman–Crippen MR) is 99.7 cm³/mol. The summed E-state index contributed by atoms with van der Waals surface area (Å²) in [6.07, 6.45) is -8.83. The highest BCUT2D eigenvalue weighted by Crippen LogP contribution is 2.30. The molecule has 0 amide bonds. The Morgan fingerprint density at radius 1 is 0.966 bits per heavy atom. The molecule has 158 valence electrons. The normalized spacial score (nSPS) is 15.3. The molecule has 0 aliphatic carbocycles. The Hall–Kier alpha value is -2.39. The van der Waals surface area contributed by atoms with Crippen LogP contribution in [0.2, 0.25) is 0 Å². The smallest absolute Gasteiger partial charge is 0.392 e. The molecule has 5 nitrogen and oxygen atoms in total. The molecule has 0 heterocycles. The highest BCUT2D eigenvalue weighted by molar-refractivity contribution is 7.86. The second-order valence-corrected chi connectivity index (χ2v) is 8.13. The van der Waals surface area contributed by atoms with E-state index in [4.69, 9.17) is 8.92 Å². The van der Waals surface area contributed by atoms with Crippen molar-refractivity contribution in [2.45, 2.75) is 43.5 Å². The van der Waals surface area contributed by atoms with Gasteiger partial charge >= 0.3 is 12.1 Å². The molecule has 29 heavy (non-hydrogen) atoms. The van der Waals surface area contributed by atoms with Crippen LogP contribution >= 0.6 is 0 Å². The van der Waals surface area contributed by atoms with Crippen molar-refractivity contribution in [3.8, 4) is 0 Å². The highest BCUT2D eigenvalue weighted by Gasteiger charge is 2.39. The quantitative estimate of drug-likeness (QED) is 0.452. The van der Waals surface area contributed by atoms with E-state index < -0.39 is 46.8 Å². The van der Waals surface area contributed by atoms with Crippen LogP contribution in [-0.4, -0.2) is 32.8 Å². The SMILES string of the molecule is CC(OS(=O)(=O)c1ccccc1)C(C)C(CC(F)(F)F)OC(=O)c1ccccc1.